The van der Waals surface area contributed by atoms with Gasteiger partial charge >= 0.3 is 5.97 Å². The van der Waals surface area contributed by atoms with Gasteiger partial charge in [-0.3, -0.25) is 4.79 Å². The van der Waals surface area contributed by atoms with Crippen LogP contribution in [-0.2, 0) is 11.2 Å². The summed E-state index contributed by atoms with van der Waals surface area (Å²) in [5.74, 6) is -1.10. The second-order valence-corrected chi connectivity index (χ2v) is 3.73. The lowest BCUT2D eigenvalue weighted by Crippen LogP contribution is -2.18. The number of amides is 1. The molecule has 0 spiro atoms. The number of rotatable bonds is 5. The van der Waals surface area contributed by atoms with E-state index in [1.54, 1.807) is 18.2 Å². The minimum absolute atomic E-state index is 0.211. The summed E-state index contributed by atoms with van der Waals surface area (Å²) in [6.07, 6.45) is 1.53. The third-order valence-corrected chi connectivity index (χ3v) is 2.41. The van der Waals surface area contributed by atoms with Crippen molar-refractivity contribution < 1.29 is 14.3 Å². The van der Waals surface area contributed by atoms with Crippen LogP contribution in [0.5, 0.6) is 0 Å². The van der Waals surface area contributed by atoms with Gasteiger partial charge in [-0.25, -0.2) is 4.79 Å². The lowest BCUT2D eigenvalue weighted by atomic mass is 10.0. The first-order valence-corrected chi connectivity index (χ1v) is 5.70. The van der Waals surface area contributed by atoms with Gasteiger partial charge in [0.05, 0.1) is 17.7 Å². The molecule has 4 nitrogen and oxygen atoms in total. The summed E-state index contributed by atoms with van der Waals surface area (Å²) in [5.41, 5.74) is 6.66. The second kappa shape index (κ2) is 6.03. The molecule has 0 aliphatic rings. The van der Waals surface area contributed by atoms with Crippen LogP contribution >= 0.6 is 0 Å². The summed E-state index contributed by atoms with van der Waals surface area (Å²) in [7, 11) is 0. The van der Waals surface area contributed by atoms with E-state index in [4.69, 9.17) is 10.5 Å². The van der Waals surface area contributed by atoms with Crippen LogP contribution in [0.25, 0.3) is 0 Å². The molecule has 0 atom stereocenters. The molecule has 92 valence electrons. The second-order valence-electron chi connectivity index (χ2n) is 3.73. The van der Waals surface area contributed by atoms with E-state index in [9.17, 15) is 9.59 Å². The minimum atomic E-state index is -0.615. The number of esters is 1. The summed E-state index contributed by atoms with van der Waals surface area (Å²) in [5, 5.41) is 0. The van der Waals surface area contributed by atoms with Crippen LogP contribution in [0.1, 0.15) is 46.5 Å². The fraction of sp³-hybridized carbons (Fsp3) is 0.385. The molecule has 0 aliphatic heterocycles. The number of carbonyl (C=O) groups excluding carboxylic acids is 2. The lowest BCUT2D eigenvalue weighted by Gasteiger charge is -2.08. The Morgan fingerprint density at radius 2 is 1.94 bits per heavy atom. The Bertz CT molecular complexity index is 427. The largest absolute Gasteiger partial charge is 0.462 e. The van der Waals surface area contributed by atoms with Gasteiger partial charge in [0.15, 0.2) is 0 Å². The van der Waals surface area contributed by atoms with E-state index in [1.165, 1.54) is 0 Å². The van der Waals surface area contributed by atoms with E-state index in [0.717, 1.165) is 18.4 Å². The number of primary amides is 1. The molecule has 0 saturated heterocycles. The standard InChI is InChI=1S/C13H17NO3/c1-3-7-17-13(16)11-8-9(4-2)5-6-10(11)12(14)15/h5-6,8H,3-4,7H2,1-2H3,(H2,14,15). The van der Waals surface area contributed by atoms with Gasteiger partial charge < -0.3 is 10.5 Å². The molecule has 4 heteroatoms. The van der Waals surface area contributed by atoms with Crippen LogP contribution in [-0.4, -0.2) is 18.5 Å². The van der Waals surface area contributed by atoms with Crippen molar-refractivity contribution in [3.63, 3.8) is 0 Å². The number of ether oxygens (including phenoxy) is 1. The number of carbonyl (C=O) groups is 2. The Morgan fingerprint density at radius 1 is 1.24 bits per heavy atom. The number of hydrogen-bond donors (Lipinski definition) is 1. The van der Waals surface area contributed by atoms with Gasteiger partial charge in [0.1, 0.15) is 0 Å². The third kappa shape index (κ3) is 3.31. The summed E-state index contributed by atoms with van der Waals surface area (Å²) >= 11 is 0. The van der Waals surface area contributed by atoms with Crippen molar-refractivity contribution in [3.8, 4) is 0 Å². The highest BCUT2D eigenvalue weighted by Gasteiger charge is 2.16. The Hall–Kier alpha value is -1.84. The number of nitrogens with two attached hydrogens (primary N) is 1. The molecule has 0 aromatic heterocycles. The normalized spacial score (nSPS) is 10.0. The van der Waals surface area contributed by atoms with Crippen LogP contribution in [0, 0.1) is 0 Å². The molecule has 0 fully saturated rings. The molecule has 1 aromatic rings. The molecule has 0 saturated carbocycles. The average Bonchev–Trinajstić information content (AvgIpc) is 2.34. The van der Waals surface area contributed by atoms with E-state index < -0.39 is 11.9 Å². The predicted molar refractivity (Wildman–Crippen MR) is 64.9 cm³/mol. The maximum absolute atomic E-state index is 11.8. The summed E-state index contributed by atoms with van der Waals surface area (Å²) in [4.78, 5) is 23.0. The molecular formula is C13H17NO3. The molecule has 0 bridgehead atoms. The van der Waals surface area contributed by atoms with Crippen LogP contribution in [0.2, 0.25) is 0 Å². The molecule has 1 aromatic carbocycles. The maximum Gasteiger partial charge on any atom is 0.338 e. The minimum Gasteiger partial charge on any atom is -0.462 e. The van der Waals surface area contributed by atoms with Gasteiger partial charge in [0.25, 0.3) is 0 Å². The smallest absolute Gasteiger partial charge is 0.338 e. The number of aryl methyl sites for hydroxylation is 1. The Balaban J connectivity index is 3.08. The quantitative estimate of drug-likeness (QED) is 0.792. The van der Waals surface area contributed by atoms with E-state index in [-0.39, 0.29) is 11.1 Å². The van der Waals surface area contributed by atoms with E-state index >= 15 is 0 Å². The van der Waals surface area contributed by atoms with Crippen LogP contribution in [0.4, 0.5) is 0 Å². The van der Waals surface area contributed by atoms with Crippen LogP contribution in [0.3, 0.4) is 0 Å². The van der Waals surface area contributed by atoms with Gasteiger partial charge in [-0.15, -0.1) is 0 Å². The molecule has 0 unspecified atom stereocenters. The van der Waals surface area contributed by atoms with Crippen molar-refractivity contribution in [2.45, 2.75) is 26.7 Å². The molecule has 0 heterocycles. The van der Waals surface area contributed by atoms with Gasteiger partial charge in [0, 0.05) is 0 Å². The highest BCUT2D eigenvalue weighted by atomic mass is 16.5. The Labute approximate surface area is 101 Å². The number of benzene rings is 1. The zero-order valence-electron chi connectivity index (χ0n) is 10.2. The maximum atomic E-state index is 11.8. The molecule has 17 heavy (non-hydrogen) atoms. The van der Waals surface area contributed by atoms with Gasteiger partial charge in [-0.2, -0.15) is 0 Å². The fourth-order valence-corrected chi connectivity index (χ4v) is 1.47. The summed E-state index contributed by atoms with van der Waals surface area (Å²) in [6, 6.07) is 5.03. The topological polar surface area (TPSA) is 69.4 Å². The molecule has 0 radical (unpaired) electrons. The third-order valence-electron chi connectivity index (χ3n) is 2.41. The van der Waals surface area contributed by atoms with Crippen molar-refractivity contribution in [1.82, 2.24) is 0 Å². The summed E-state index contributed by atoms with van der Waals surface area (Å²) < 4.78 is 5.02. The molecule has 2 N–H and O–H groups in total. The van der Waals surface area contributed by atoms with Gasteiger partial charge in [-0.05, 0) is 30.5 Å². The Kier molecular flexibility index (Phi) is 4.69. The monoisotopic (exact) mass is 235 g/mol. The van der Waals surface area contributed by atoms with Crippen molar-refractivity contribution in [2.75, 3.05) is 6.61 Å². The highest BCUT2D eigenvalue weighted by molar-refractivity contribution is 6.04. The lowest BCUT2D eigenvalue weighted by molar-refractivity contribution is 0.0502. The Morgan fingerprint density at radius 3 is 2.47 bits per heavy atom. The van der Waals surface area contributed by atoms with E-state index in [1.807, 2.05) is 13.8 Å². The van der Waals surface area contributed by atoms with Crippen molar-refractivity contribution >= 4 is 11.9 Å². The van der Waals surface area contributed by atoms with Crippen LogP contribution in [0.15, 0.2) is 18.2 Å². The fourth-order valence-electron chi connectivity index (χ4n) is 1.47. The van der Waals surface area contributed by atoms with Crippen molar-refractivity contribution in [2.24, 2.45) is 5.73 Å². The van der Waals surface area contributed by atoms with E-state index in [2.05, 4.69) is 0 Å². The van der Waals surface area contributed by atoms with E-state index in [0.29, 0.717) is 6.61 Å². The first kappa shape index (κ1) is 13.2. The van der Waals surface area contributed by atoms with Crippen molar-refractivity contribution in [3.05, 3.63) is 34.9 Å². The first-order valence-electron chi connectivity index (χ1n) is 5.70. The molecule has 1 rings (SSSR count). The van der Waals surface area contributed by atoms with Gasteiger partial charge in [-0.1, -0.05) is 19.9 Å². The highest BCUT2D eigenvalue weighted by Crippen LogP contribution is 2.14. The van der Waals surface area contributed by atoms with Crippen LogP contribution < -0.4 is 5.73 Å². The SMILES string of the molecule is CCCOC(=O)c1cc(CC)ccc1C(N)=O. The predicted octanol–water partition coefficient (Wildman–Crippen LogP) is 1.91. The average molecular weight is 235 g/mol. The molecule has 0 aliphatic carbocycles. The molecule has 1 amide bonds. The molecular weight excluding hydrogens is 218 g/mol. The zero-order valence-corrected chi connectivity index (χ0v) is 10.2. The zero-order chi connectivity index (χ0) is 12.8. The van der Waals surface area contributed by atoms with Gasteiger partial charge in [0.2, 0.25) is 5.91 Å². The summed E-state index contributed by atoms with van der Waals surface area (Å²) in [6.45, 7) is 4.22. The number of hydrogen-bond acceptors (Lipinski definition) is 3. The van der Waals surface area contributed by atoms with Crippen molar-refractivity contribution in [1.29, 1.82) is 0 Å². The first-order chi connectivity index (χ1) is 8.10.